The molecular formula is C53H93NO9. The smallest absolute Gasteiger partial charge is 0.169 e. The van der Waals surface area contributed by atoms with Crippen molar-refractivity contribution in [3.05, 3.63) is 47.6 Å². The van der Waals surface area contributed by atoms with Crippen LogP contribution in [0.3, 0.4) is 0 Å². The van der Waals surface area contributed by atoms with E-state index < -0.39 is 11.9 Å². The third-order valence-electron chi connectivity index (χ3n) is 15.3. The van der Waals surface area contributed by atoms with E-state index in [4.69, 9.17) is 28.4 Å². The summed E-state index contributed by atoms with van der Waals surface area (Å²) >= 11 is 0. The number of aliphatic hydroxyl groups is 3. The van der Waals surface area contributed by atoms with Gasteiger partial charge in [-0.3, -0.25) is 4.90 Å². The first-order valence-electron chi connectivity index (χ1n) is 25.1. The van der Waals surface area contributed by atoms with Crippen LogP contribution in [-0.4, -0.2) is 129 Å². The van der Waals surface area contributed by atoms with Crippen molar-refractivity contribution >= 4 is 0 Å². The standard InChI is InChI=1S/C53H93NO9/c1-37-16-12-11-13-17-40(4)49(58-8)35-46-22-20-43(7)53(57,63-46)25-27-54-26-15-14-18-45(54)36-62-47(41(5)33-44-21-24-48(61-29-28-55)50(34-44)59-9)23-19-38(2)31-42(6)52(56)51(60-10)32-39(3)30-37/h11-13,16-17,31,37-39,41,43-52,55-57H,14-15,18-30,32-36H2,1-10H3/b13-11+,16-12+,40-17+,42-31+/t37-,38-,39-,41-,43-,44+,45+,46+,47+,48-,49+,50-,51-,52-,53-/m1/s1. The molecule has 0 radical (unpaired) electrons. The normalized spacial score (nSPS) is 41.6. The minimum Gasteiger partial charge on any atom is -0.394 e. The van der Waals surface area contributed by atoms with Gasteiger partial charge >= 0.3 is 0 Å². The van der Waals surface area contributed by atoms with Crippen LogP contribution in [0.2, 0.25) is 0 Å². The predicted octanol–water partition coefficient (Wildman–Crippen LogP) is 9.61. The van der Waals surface area contributed by atoms with Gasteiger partial charge in [-0.05, 0) is 138 Å². The molecule has 10 heteroatoms. The Labute approximate surface area is 384 Å². The summed E-state index contributed by atoms with van der Waals surface area (Å²) in [5.41, 5.74) is 2.11. The topological polar surface area (TPSA) is 119 Å². The number of piperidine rings is 1. The molecule has 0 unspecified atom stereocenters. The fraction of sp³-hybridized carbons (Fsp3) is 0.849. The van der Waals surface area contributed by atoms with Crippen molar-refractivity contribution < 1.29 is 43.7 Å². The van der Waals surface area contributed by atoms with Crippen LogP contribution in [0.15, 0.2) is 47.6 Å². The highest BCUT2D eigenvalue weighted by molar-refractivity contribution is 5.18. The molecule has 3 N–H and O–H groups in total. The van der Waals surface area contributed by atoms with Crippen molar-refractivity contribution in [2.45, 2.75) is 199 Å². The molecule has 0 amide bonds. The minimum absolute atomic E-state index is 0.0277. The fourth-order valence-electron chi connectivity index (χ4n) is 11.2. The predicted molar refractivity (Wildman–Crippen MR) is 255 cm³/mol. The van der Waals surface area contributed by atoms with Gasteiger partial charge in [0.1, 0.15) is 6.10 Å². The Morgan fingerprint density at radius 1 is 0.794 bits per heavy atom. The zero-order valence-electron chi connectivity index (χ0n) is 41.4. The van der Waals surface area contributed by atoms with Crippen molar-refractivity contribution in [3.8, 4) is 0 Å². The van der Waals surface area contributed by atoms with Gasteiger partial charge in [-0.1, -0.05) is 77.5 Å². The molecule has 3 aliphatic heterocycles. The number of nitrogens with zero attached hydrogens (tertiary/aromatic N) is 1. The fourth-order valence-corrected chi connectivity index (χ4v) is 11.2. The SMILES string of the molecule is CO[C@H]1C[C@@H]2CC[C@@H](C)[C@@](O)(CCN3CCCC[C@H]3CO[C@H]([C@H](C)C[C@@H]3CC[C@@H](OCCO)[C@H](OC)C3)CC[C@@H](C)/C=C(\C)[C@@H](O)[C@H](OC)C[C@H](C)C[C@H](C)/C=C/C=C/C=C/1C)O2. The first-order chi connectivity index (χ1) is 30.2. The first-order valence-corrected chi connectivity index (χ1v) is 25.1. The zero-order chi connectivity index (χ0) is 45.9. The van der Waals surface area contributed by atoms with Crippen LogP contribution in [-0.2, 0) is 28.4 Å². The van der Waals surface area contributed by atoms with Crippen molar-refractivity contribution in [3.63, 3.8) is 0 Å². The maximum Gasteiger partial charge on any atom is 0.169 e. The highest BCUT2D eigenvalue weighted by Gasteiger charge is 2.43. The van der Waals surface area contributed by atoms with Gasteiger partial charge in [-0.15, -0.1) is 0 Å². The molecule has 4 rings (SSSR count). The lowest BCUT2D eigenvalue weighted by atomic mass is 9.78. The molecule has 1 aliphatic carbocycles. The molecule has 0 aromatic rings. The number of allylic oxidation sites excluding steroid dienone is 6. The van der Waals surface area contributed by atoms with Crippen LogP contribution in [0.5, 0.6) is 0 Å². The number of hydrogen-bond donors (Lipinski definition) is 3. The summed E-state index contributed by atoms with van der Waals surface area (Å²) < 4.78 is 37.6. The van der Waals surface area contributed by atoms with E-state index in [2.05, 4.69) is 89.8 Å². The van der Waals surface area contributed by atoms with Crippen LogP contribution in [0.25, 0.3) is 0 Å². The van der Waals surface area contributed by atoms with E-state index >= 15 is 0 Å². The zero-order valence-corrected chi connectivity index (χ0v) is 41.4. The molecule has 63 heavy (non-hydrogen) atoms. The molecule has 4 aliphatic rings. The number of fused-ring (bicyclic) bond motifs is 3. The summed E-state index contributed by atoms with van der Waals surface area (Å²) in [7, 11) is 5.27. The van der Waals surface area contributed by atoms with E-state index in [1.165, 1.54) is 6.42 Å². The molecule has 15 atom stereocenters. The van der Waals surface area contributed by atoms with Crippen LogP contribution in [0.4, 0.5) is 0 Å². The maximum absolute atomic E-state index is 12.1. The molecule has 0 spiro atoms. The molecule has 2 saturated heterocycles. The minimum atomic E-state index is -1.18. The van der Waals surface area contributed by atoms with Crippen LogP contribution in [0.1, 0.15) is 145 Å². The Kier molecular flexibility index (Phi) is 24.1. The highest BCUT2D eigenvalue weighted by atomic mass is 16.6. The van der Waals surface area contributed by atoms with E-state index in [1.54, 1.807) is 21.3 Å². The molecule has 0 aromatic carbocycles. The van der Waals surface area contributed by atoms with Crippen LogP contribution < -0.4 is 0 Å². The van der Waals surface area contributed by atoms with Crippen molar-refractivity contribution in [2.24, 2.45) is 35.5 Å². The van der Waals surface area contributed by atoms with Crippen molar-refractivity contribution in [1.82, 2.24) is 4.90 Å². The summed E-state index contributed by atoms with van der Waals surface area (Å²) in [4.78, 5) is 2.56. The average molecular weight is 888 g/mol. The second-order valence-electron chi connectivity index (χ2n) is 20.5. The lowest BCUT2D eigenvalue weighted by Crippen LogP contribution is -2.51. The van der Waals surface area contributed by atoms with Gasteiger partial charge in [0.15, 0.2) is 5.79 Å². The monoisotopic (exact) mass is 888 g/mol. The van der Waals surface area contributed by atoms with Gasteiger partial charge in [0, 0.05) is 52.7 Å². The third-order valence-corrected chi connectivity index (χ3v) is 15.3. The van der Waals surface area contributed by atoms with E-state index in [0.29, 0.717) is 55.8 Å². The van der Waals surface area contributed by atoms with Gasteiger partial charge in [0.25, 0.3) is 0 Å². The summed E-state index contributed by atoms with van der Waals surface area (Å²) in [6.07, 6.45) is 26.3. The van der Waals surface area contributed by atoms with Crippen LogP contribution in [0, 0.1) is 35.5 Å². The molecule has 0 aromatic heterocycles. The second kappa shape index (κ2) is 28.0. The Hall–Kier alpha value is -1.44. The van der Waals surface area contributed by atoms with Crippen molar-refractivity contribution in [2.75, 3.05) is 54.2 Å². The van der Waals surface area contributed by atoms with E-state index in [1.807, 2.05) is 0 Å². The Bertz CT molecular complexity index is 1400. The van der Waals surface area contributed by atoms with Crippen molar-refractivity contribution in [1.29, 1.82) is 0 Å². The highest BCUT2D eigenvalue weighted by Crippen LogP contribution is 2.39. The first kappa shape index (κ1) is 54.2. The number of rotatable bonds is 9. The molecule has 3 fully saturated rings. The van der Waals surface area contributed by atoms with Gasteiger partial charge in [0.2, 0.25) is 0 Å². The Morgan fingerprint density at radius 3 is 2.30 bits per heavy atom. The Balaban J connectivity index is 1.55. The van der Waals surface area contributed by atoms with Gasteiger partial charge in [0.05, 0.1) is 56.4 Å². The third kappa shape index (κ3) is 17.6. The van der Waals surface area contributed by atoms with Gasteiger partial charge in [-0.2, -0.15) is 0 Å². The number of methoxy groups -OCH3 is 3. The summed E-state index contributed by atoms with van der Waals surface area (Å²) in [6.45, 7) is 18.3. The van der Waals surface area contributed by atoms with Gasteiger partial charge < -0.3 is 43.7 Å². The quantitative estimate of drug-likeness (QED) is 0.193. The van der Waals surface area contributed by atoms with Gasteiger partial charge in [-0.25, -0.2) is 0 Å². The molecule has 3 heterocycles. The molecule has 364 valence electrons. The lowest BCUT2D eigenvalue weighted by molar-refractivity contribution is -0.287. The number of aliphatic hydroxyl groups excluding tert-OH is 2. The largest absolute Gasteiger partial charge is 0.394 e. The summed E-state index contributed by atoms with van der Waals surface area (Å²) in [5.74, 6) is 0.768. The molecule has 1 saturated carbocycles. The van der Waals surface area contributed by atoms with E-state index in [-0.39, 0.29) is 55.1 Å². The lowest BCUT2D eigenvalue weighted by Gasteiger charge is -2.45. The number of ether oxygens (including phenoxy) is 6. The molecular weight excluding hydrogens is 795 g/mol. The summed E-state index contributed by atoms with van der Waals surface area (Å²) in [5, 5.41) is 33.1. The molecule has 10 nitrogen and oxygen atoms in total. The molecule has 2 bridgehead atoms. The Morgan fingerprint density at radius 2 is 1.57 bits per heavy atom. The number of hydrogen-bond acceptors (Lipinski definition) is 10. The average Bonchev–Trinajstić information content (AvgIpc) is 3.26. The van der Waals surface area contributed by atoms with E-state index in [9.17, 15) is 15.3 Å². The second-order valence-corrected chi connectivity index (χ2v) is 20.5. The maximum atomic E-state index is 12.1. The van der Waals surface area contributed by atoms with Crippen LogP contribution >= 0.6 is 0 Å². The van der Waals surface area contributed by atoms with E-state index in [0.717, 1.165) is 101 Å². The summed E-state index contributed by atoms with van der Waals surface area (Å²) in [6, 6.07) is 0.291.